The van der Waals surface area contributed by atoms with E-state index in [2.05, 4.69) is 0 Å². The number of aryl methyl sites for hydroxylation is 1. The molecule has 5 heteroatoms. The van der Waals surface area contributed by atoms with E-state index in [4.69, 9.17) is 9.88 Å². The Kier molecular flexibility index (Phi) is 2.58. The second-order valence-electron chi connectivity index (χ2n) is 2.68. The van der Waals surface area contributed by atoms with Crippen molar-refractivity contribution >= 4 is 10.0 Å². The highest BCUT2D eigenvalue weighted by atomic mass is 32.2. The van der Waals surface area contributed by atoms with Gasteiger partial charge in [-0.3, -0.25) is 0 Å². The molecule has 0 aliphatic heterocycles. The number of hydrogen-bond donors (Lipinski definition) is 1. The molecule has 0 heterocycles. The van der Waals surface area contributed by atoms with Gasteiger partial charge in [-0.25, -0.2) is 13.6 Å². The van der Waals surface area contributed by atoms with Gasteiger partial charge in [0.1, 0.15) is 5.75 Å². The smallest absolute Gasteiger partial charge is 0.238 e. The molecule has 0 spiro atoms. The number of sulfonamides is 1. The molecule has 1 aromatic carbocycles. The predicted octanol–water partition coefficient (Wildman–Crippen LogP) is 0.651. The van der Waals surface area contributed by atoms with Crippen molar-refractivity contribution in [1.82, 2.24) is 0 Å². The fourth-order valence-electron chi connectivity index (χ4n) is 0.977. The van der Waals surface area contributed by atoms with Gasteiger partial charge in [0.15, 0.2) is 0 Å². The highest BCUT2D eigenvalue weighted by molar-refractivity contribution is 7.89. The van der Waals surface area contributed by atoms with Gasteiger partial charge in [0.2, 0.25) is 10.0 Å². The summed E-state index contributed by atoms with van der Waals surface area (Å²) in [4.78, 5) is 0.0648. The van der Waals surface area contributed by atoms with Gasteiger partial charge in [-0.05, 0) is 18.6 Å². The summed E-state index contributed by atoms with van der Waals surface area (Å²) in [7, 11) is -2.15. The summed E-state index contributed by atoms with van der Waals surface area (Å²) in [6.45, 7) is 1.83. The van der Waals surface area contributed by atoms with E-state index in [-0.39, 0.29) is 4.90 Å². The van der Waals surface area contributed by atoms with E-state index in [0.717, 1.165) is 5.56 Å². The quantitative estimate of drug-likeness (QED) is 0.763. The summed E-state index contributed by atoms with van der Waals surface area (Å²) in [6, 6.07) is 4.51. The first kappa shape index (κ1) is 10.0. The first-order valence-electron chi connectivity index (χ1n) is 3.62. The molecule has 1 aromatic rings. The van der Waals surface area contributed by atoms with Crippen LogP contribution in [0.2, 0.25) is 0 Å². The molecule has 1 rings (SSSR count). The number of methoxy groups -OCH3 is 1. The first-order chi connectivity index (χ1) is 5.95. The van der Waals surface area contributed by atoms with Crippen LogP contribution >= 0.6 is 0 Å². The third-order valence-electron chi connectivity index (χ3n) is 1.71. The number of ether oxygens (including phenoxy) is 1. The SMILES string of the molecule is COc1cc(S(N)(=O)=O)ccc1C. The summed E-state index contributed by atoms with van der Waals surface area (Å²) in [5.74, 6) is 0.520. The minimum Gasteiger partial charge on any atom is -0.496 e. The third kappa shape index (κ3) is 2.19. The van der Waals surface area contributed by atoms with Crippen LogP contribution in [0.3, 0.4) is 0 Å². The zero-order chi connectivity index (χ0) is 10.1. The van der Waals surface area contributed by atoms with E-state index in [1.807, 2.05) is 6.92 Å². The molecule has 0 aliphatic rings. The summed E-state index contributed by atoms with van der Waals surface area (Å²) < 4.78 is 26.8. The minimum absolute atomic E-state index is 0.0648. The molecule has 0 fully saturated rings. The number of benzene rings is 1. The Morgan fingerprint density at radius 2 is 2.00 bits per heavy atom. The molecule has 72 valence electrons. The van der Waals surface area contributed by atoms with Crippen molar-refractivity contribution in [3.8, 4) is 5.75 Å². The van der Waals surface area contributed by atoms with Gasteiger partial charge in [0.05, 0.1) is 12.0 Å². The Morgan fingerprint density at radius 1 is 1.38 bits per heavy atom. The molecule has 0 saturated heterocycles. The maximum absolute atomic E-state index is 10.9. The van der Waals surface area contributed by atoms with Crippen molar-refractivity contribution in [1.29, 1.82) is 0 Å². The second kappa shape index (κ2) is 3.35. The maximum Gasteiger partial charge on any atom is 0.238 e. The minimum atomic E-state index is -3.63. The van der Waals surface area contributed by atoms with Crippen LogP contribution in [-0.4, -0.2) is 15.5 Å². The largest absolute Gasteiger partial charge is 0.496 e. The topological polar surface area (TPSA) is 69.4 Å². The molecule has 4 nitrogen and oxygen atoms in total. The maximum atomic E-state index is 10.9. The molecular weight excluding hydrogens is 190 g/mol. The molecule has 0 aliphatic carbocycles. The standard InChI is InChI=1S/C8H11NO3S/c1-6-3-4-7(13(9,10)11)5-8(6)12-2/h3-5H,1-2H3,(H2,9,10,11). The molecule has 0 atom stereocenters. The van der Waals surface area contributed by atoms with Crippen molar-refractivity contribution in [2.24, 2.45) is 5.14 Å². The molecule has 0 radical (unpaired) electrons. The van der Waals surface area contributed by atoms with E-state index in [0.29, 0.717) is 5.75 Å². The van der Waals surface area contributed by atoms with Gasteiger partial charge in [-0.15, -0.1) is 0 Å². The molecule has 2 N–H and O–H groups in total. The van der Waals surface area contributed by atoms with Crippen molar-refractivity contribution < 1.29 is 13.2 Å². The Balaban J connectivity index is 3.30. The van der Waals surface area contributed by atoms with Crippen LogP contribution in [0.25, 0.3) is 0 Å². The van der Waals surface area contributed by atoms with Crippen LogP contribution < -0.4 is 9.88 Å². The fourth-order valence-corrected chi connectivity index (χ4v) is 1.51. The molecular formula is C8H11NO3S. The summed E-state index contributed by atoms with van der Waals surface area (Å²) in [6.07, 6.45) is 0. The lowest BCUT2D eigenvalue weighted by molar-refractivity contribution is 0.410. The lowest BCUT2D eigenvalue weighted by atomic mass is 10.2. The molecule has 0 saturated carbocycles. The van der Waals surface area contributed by atoms with Crippen LogP contribution in [0.5, 0.6) is 5.75 Å². The summed E-state index contributed by atoms with van der Waals surface area (Å²) in [5.41, 5.74) is 0.870. The van der Waals surface area contributed by atoms with E-state index in [9.17, 15) is 8.42 Å². The van der Waals surface area contributed by atoms with Gasteiger partial charge >= 0.3 is 0 Å². The summed E-state index contributed by atoms with van der Waals surface area (Å²) >= 11 is 0. The lowest BCUT2D eigenvalue weighted by Crippen LogP contribution is -2.12. The first-order valence-corrected chi connectivity index (χ1v) is 5.17. The zero-order valence-electron chi connectivity index (χ0n) is 7.44. The van der Waals surface area contributed by atoms with Crippen molar-refractivity contribution in [2.45, 2.75) is 11.8 Å². The Hall–Kier alpha value is -1.07. The van der Waals surface area contributed by atoms with Crippen LogP contribution in [-0.2, 0) is 10.0 Å². The third-order valence-corrected chi connectivity index (χ3v) is 2.62. The van der Waals surface area contributed by atoms with Crippen LogP contribution in [0.1, 0.15) is 5.56 Å². The lowest BCUT2D eigenvalue weighted by Gasteiger charge is -2.05. The normalized spacial score (nSPS) is 11.3. The van der Waals surface area contributed by atoms with E-state index in [1.54, 1.807) is 6.07 Å². The number of hydrogen-bond acceptors (Lipinski definition) is 3. The Bertz CT molecular complexity index is 411. The number of nitrogens with two attached hydrogens (primary N) is 1. The number of rotatable bonds is 2. The molecule has 0 unspecified atom stereocenters. The average molecular weight is 201 g/mol. The monoisotopic (exact) mass is 201 g/mol. The van der Waals surface area contributed by atoms with Crippen LogP contribution in [0, 0.1) is 6.92 Å². The summed E-state index contributed by atoms with van der Waals surface area (Å²) in [5, 5.41) is 4.95. The van der Waals surface area contributed by atoms with E-state index < -0.39 is 10.0 Å². The molecule has 0 aromatic heterocycles. The predicted molar refractivity (Wildman–Crippen MR) is 49.1 cm³/mol. The molecule has 0 bridgehead atoms. The van der Waals surface area contributed by atoms with Gasteiger partial charge < -0.3 is 4.74 Å². The molecule has 0 amide bonds. The van der Waals surface area contributed by atoms with Crippen LogP contribution in [0.4, 0.5) is 0 Å². The van der Waals surface area contributed by atoms with Crippen molar-refractivity contribution in [3.63, 3.8) is 0 Å². The van der Waals surface area contributed by atoms with Crippen molar-refractivity contribution in [3.05, 3.63) is 23.8 Å². The van der Waals surface area contributed by atoms with E-state index >= 15 is 0 Å². The Labute approximate surface area is 77.4 Å². The highest BCUT2D eigenvalue weighted by Crippen LogP contribution is 2.20. The highest BCUT2D eigenvalue weighted by Gasteiger charge is 2.09. The fraction of sp³-hybridized carbons (Fsp3) is 0.250. The number of primary sulfonamides is 1. The van der Waals surface area contributed by atoms with Gasteiger partial charge in [-0.2, -0.15) is 0 Å². The van der Waals surface area contributed by atoms with Gasteiger partial charge in [0, 0.05) is 6.07 Å². The Morgan fingerprint density at radius 3 is 2.46 bits per heavy atom. The van der Waals surface area contributed by atoms with Crippen molar-refractivity contribution in [2.75, 3.05) is 7.11 Å². The van der Waals surface area contributed by atoms with Crippen LogP contribution in [0.15, 0.2) is 23.1 Å². The zero-order valence-corrected chi connectivity index (χ0v) is 8.26. The van der Waals surface area contributed by atoms with E-state index in [1.165, 1.54) is 19.2 Å². The van der Waals surface area contributed by atoms with Gasteiger partial charge in [-0.1, -0.05) is 6.07 Å². The average Bonchev–Trinajstić information content (AvgIpc) is 2.03. The molecule has 13 heavy (non-hydrogen) atoms. The second-order valence-corrected chi connectivity index (χ2v) is 4.24. The van der Waals surface area contributed by atoms with Gasteiger partial charge in [0.25, 0.3) is 0 Å².